The number of carbonyl (C=O) groups is 1. The van der Waals surface area contributed by atoms with E-state index in [1.807, 2.05) is 6.92 Å². The average molecular weight is 166 g/mol. The van der Waals surface area contributed by atoms with Crippen molar-refractivity contribution in [3.8, 4) is 0 Å². The van der Waals surface area contributed by atoms with Crippen molar-refractivity contribution in [2.24, 2.45) is 11.8 Å². The third-order valence-corrected chi connectivity index (χ3v) is 2.77. The van der Waals surface area contributed by atoms with Crippen molar-refractivity contribution >= 4 is 5.97 Å². The van der Waals surface area contributed by atoms with Crippen LogP contribution in [0.1, 0.15) is 26.2 Å². The molecule has 12 heavy (non-hydrogen) atoms. The summed E-state index contributed by atoms with van der Waals surface area (Å²) in [7, 11) is 0. The largest absolute Gasteiger partial charge is 0.462 e. The van der Waals surface area contributed by atoms with Crippen molar-refractivity contribution in [2.45, 2.75) is 32.3 Å². The molecule has 66 valence electrons. The Bertz CT molecular complexity index is 220. The van der Waals surface area contributed by atoms with Crippen LogP contribution in [-0.4, -0.2) is 12.1 Å². The van der Waals surface area contributed by atoms with Gasteiger partial charge in [0.2, 0.25) is 0 Å². The topological polar surface area (TPSA) is 26.3 Å². The van der Waals surface area contributed by atoms with E-state index in [0.717, 1.165) is 19.3 Å². The van der Waals surface area contributed by atoms with Crippen molar-refractivity contribution in [2.75, 3.05) is 0 Å². The van der Waals surface area contributed by atoms with Crippen LogP contribution in [0, 0.1) is 11.8 Å². The van der Waals surface area contributed by atoms with Crippen LogP contribution in [0.25, 0.3) is 0 Å². The molecule has 0 N–H and O–H groups in total. The maximum absolute atomic E-state index is 11.4. The zero-order valence-electron chi connectivity index (χ0n) is 7.32. The Labute approximate surface area is 72.6 Å². The molecule has 2 rings (SSSR count). The summed E-state index contributed by atoms with van der Waals surface area (Å²) in [5, 5.41) is 0. The van der Waals surface area contributed by atoms with E-state index in [1.165, 1.54) is 0 Å². The van der Waals surface area contributed by atoms with Crippen molar-refractivity contribution in [3.63, 3.8) is 0 Å². The maximum atomic E-state index is 11.4. The predicted octanol–water partition coefficient (Wildman–Crippen LogP) is 1.90. The third kappa shape index (κ3) is 1.26. The summed E-state index contributed by atoms with van der Waals surface area (Å²) in [6.07, 6.45) is 7.50. The van der Waals surface area contributed by atoms with Gasteiger partial charge in [-0.15, -0.1) is 0 Å². The number of hydrogen-bond donors (Lipinski definition) is 0. The van der Waals surface area contributed by atoms with Crippen LogP contribution in [0.4, 0.5) is 0 Å². The molecule has 0 bridgehead atoms. The SMILES string of the molecule is C[C@H]1C[C@H]2C=CCC[C@H]2C(=O)O1. The molecule has 2 heteroatoms. The minimum Gasteiger partial charge on any atom is -0.462 e. The monoisotopic (exact) mass is 166 g/mol. The Morgan fingerprint density at radius 2 is 2.42 bits per heavy atom. The van der Waals surface area contributed by atoms with Gasteiger partial charge in [-0.1, -0.05) is 12.2 Å². The standard InChI is InChI=1S/C10H14O2/c1-7-6-8-4-2-3-5-9(8)10(11)12-7/h2,4,7-9H,3,5-6H2,1H3/t7-,8+,9+/m0/s1. The Morgan fingerprint density at radius 3 is 3.25 bits per heavy atom. The molecule has 0 radical (unpaired) electrons. The highest BCUT2D eigenvalue weighted by molar-refractivity contribution is 5.74. The summed E-state index contributed by atoms with van der Waals surface area (Å²) in [6.45, 7) is 1.97. The lowest BCUT2D eigenvalue weighted by molar-refractivity contribution is -0.162. The number of hydrogen-bond acceptors (Lipinski definition) is 2. The van der Waals surface area contributed by atoms with Gasteiger partial charge in [0, 0.05) is 0 Å². The van der Waals surface area contributed by atoms with Crippen LogP contribution in [-0.2, 0) is 9.53 Å². The van der Waals surface area contributed by atoms with Gasteiger partial charge in [0.1, 0.15) is 0 Å². The van der Waals surface area contributed by atoms with Crippen LogP contribution in [0.2, 0.25) is 0 Å². The molecule has 0 saturated carbocycles. The molecule has 1 fully saturated rings. The Hall–Kier alpha value is -0.790. The van der Waals surface area contributed by atoms with E-state index in [-0.39, 0.29) is 18.0 Å². The van der Waals surface area contributed by atoms with Crippen LogP contribution in [0.15, 0.2) is 12.2 Å². The quantitative estimate of drug-likeness (QED) is 0.406. The van der Waals surface area contributed by atoms with Crippen molar-refractivity contribution in [3.05, 3.63) is 12.2 Å². The van der Waals surface area contributed by atoms with Crippen LogP contribution < -0.4 is 0 Å². The van der Waals surface area contributed by atoms with E-state index in [4.69, 9.17) is 4.74 Å². The molecular formula is C10H14O2. The van der Waals surface area contributed by atoms with Gasteiger partial charge in [0.05, 0.1) is 12.0 Å². The van der Waals surface area contributed by atoms with Crippen molar-refractivity contribution < 1.29 is 9.53 Å². The van der Waals surface area contributed by atoms with Crippen LogP contribution in [0.5, 0.6) is 0 Å². The van der Waals surface area contributed by atoms with Crippen molar-refractivity contribution in [1.82, 2.24) is 0 Å². The van der Waals surface area contributed by atoms with Gasteiger partial charge in [-0.25, -0.2) is 0 Å². The van der Waals surface area contributed by atoms with E-state index in [1.54, 1.807) is 0 Å². The van der Waals surface area contributed by atoms with E-state index in [9.17, 15) is 4.79 Å². The predicted molar refractivity (Wildman–Crippen MR) is 45.5 cm³/mol. The van der Waals surface area contributed by atoms with Gasteiger partial charge in [-0.3, -0.25) is 4.79 Å². The second kappa shape index (κ2) is 2.92. The number of esters is 1. The Balaban J connectivity index is 2.15. The normalized spacial score (nSPS) is 40.4. The molecule has 0 amide bonds. The molecule has 1 heterocycles. The first-order chi connectivity index (χ1) is 5.77. The van der Waals surface area contributed by atoms with E-state index in [2.05, 4.69) is 12.2 Å². The smallest absolute Gasteiger partial charge is 0.309 e. The number of ether oxygens (including phenoxy) is 1. The van der Waals surface area contributed by atoms with Gasteiger partial charge in [-0.2, -0.15) is 0 Å². The Morgan fingerprint density at radius 1 is 1.58 bits per heavy atom. The summed E-state index contributed by atoms with van der Waals surface area (Å²) < 4.78 is 5.18. The average Bonchev–Trinajstić information content (AvgIpc) is 2.04. The summed E-state index contributed by atoms with van der Waals surface area (Å²) in [5.74, 6) is 0.629. The second-order valence-corrected chi connectivity index (χ2v) is 3.76. The molecule has 2 aliphatic rings. The molecule has 3 atom stereocenters. The first-order valence-electron chi connectivity index (χ1n) is 4.64. The lowest BCUT2D eigenvalue weighted by Crippen LogP contribution is -2.36. The van der Waals surface area contributed by atoms with Crippen LogP contribution >= 0.6 is 0 Å². The minimum atomic E-state index is 0.0168. The van der Waals surface area contributed by atoms with E-state index >= 15 is 0 Å². The molecule has 1 saturated heterocycles. The number of allylic oxidation sites excluding steroid dienone is 2. The minimum absolute atomic E-state index is 0.0168. The fourth-order valence-electron chi connectivity index (χ4n) is 2.15. The molecule has 1 aliphatic carbocycles. The molecule has 1 aliphatic heterocycles. The molecule has 0 aromatic heterocycles. The van der Waals surface area contributed by atoms with E-state index in [0.29, 0.717) is 5.92 Å². The molecule has 0 unspecified atom stereocenters. The molecular weight excluding hydrogens is 152 g/mol. The van der Waals surface area contributed by atoms with E-state index < -0.39 is 0 Å². The number of carbonyl (C=O) groups excluding carboxylic acids is 1. The lowest BCUT2D eigenvalue weighted by atomic mass is 9.79. The zero-order valence-corrected chi connectivity index (χ0v) is 7.32. The lowest BCUT2D eigenvalue weighted by Gasteiger charge is -2.33. The van der Waals surface area contributed by atoms with Gasteiger partial charge >= 0.3 is 5.97 Å². The second-order valence-electron chi connectivity index (χ2n) is 3.76. The van der Waals surface area contributed by atoms with Gasteiger partial charge < -0.3 is 4.74 Å². The van der Waals surface area contributed by atoms with Crippen LogP contribution in [0.3, 0.4) is 0 Å². The maximum Gasteiger partial charge on any atom is 0.309 e. The molecule has 0 spiro atoms. The fraction of sp³-hybridized carbons (Fsp3) is 0.700. The number of cyclic esters (lactones) is 1. The van der Waals surface area contributed by atoms with Crippen molar-refractivity contribution in [1.29, 1.82) is 0 Å². The first kappa shape index (κ1) is 7.84. The Kier molecular flexibility index (Phi) is 1.91. The molecule has 0 aromatic rings. The molecule has 2 nitrogen and oxygen atoms in total. The zero-order chi connectivity index (χ0) is 8.55. The highest BCUT2D eigenvalue weighted by Crippen LogP contribution is 2.34. The summed E-state index contributed by atoms with van der Waals surface area (Å²) in [5.41, 5.74) is 0. The number of fused-ring (bicyclic) bond motifs is 1. The van der Waals surface area contributed by atoms with Gasteiger partial charge in [-0.05, 0) is 32.1 Å². The van der Waals surface area contributed by atoms with Gasteiger partial charge in [0.25, 0.3) is 0 Å². The van der Waals surface area contributed by atoms with Gasteiger partial charge in [0.15, 0.2) is 0 Å². The summed E-state index contributed by atoms with van der Waals surface area (Å²) >= 11 is 0. The number of rotatable bonds is 0. The highest BCUT2D eigenvalue weighted by atomic mass is 16.5. The summed E-state index contributed by atoms with van der Waals surface area (Å²) in [6, 6.07) is 0. The molecule has 0 aromatic carbocycles. The fourth-order valence-corrected chi connectivity index (χ4v) is 2.15. The highest BCUT2D eigenvalue weighted by Gasteiger charge is 2.35. The summed E-state index contributed by atoms with van der Waals surface area (Å²) in [4.78, 5) is 11.4. The third-order valence-electron chi connectivity index (χ3n) is 2.77. The first-order valence-corrected chi connectivity index (χ1v) is 4.64.